The van der Waals surface area contributed by atoms with Crippen LogP contribution in [0.4, 0.5) is 5.69 Å². The van der Waals surface area contributed by atoms with E-state index in [1.807, 2.05) is 0 Å². The minimum absolute atomic E-state index is 0.128. The molecule has 0 fully saturated rings. The van der Waals surface area contributed by atoms with Gasteiger partial charge in [0.25, 0.3) is 11.6 Å². The molecular weight excluding hydrogens is 311 g/mol. The van der Waals surface area contributed by atoms with Crippen LogP contribution in [-0.4, -0.2) is 30.0 Å². The van der Waals surface area contributed by atoms with E-state index in [1.165, 1.54) is 14.0 Å². The van der Waals surface area contributed by atoms with Gasteiger partial charge in [0.1, 0.15) is 6.04 Å². The fraction of sp³-hybridized carbons (Fsp3) is 0.273. The maximum Gasteiger partial charge on any atom is 0.328 e. The minimum Gasteiger partial charge on any atom is -0.467 e. The highest BCUT2D eigenvalue weighted by molar-refractivity contribution is 6.44. The lowest BCUT2D eigenvalue weighted by Gasteiger charge is -2.12. The monoisotopic (exact) mass is 320 g/mol. The van der Waals surface area contributed by atoms with Gasteiger partial charge in [0, 0.05) is 12.1 Å². The number of hydrogen-bond donors (Lipinski definition) is 1. The number of rotatable bonds is 4. The summed E-state index contributed by atoms with van der Waals surface area (Å²) in [5, 5.41) is 12.8. The lowest BCUT2D eigenvalue weighted by Crippen LogP contribution is -2.39. The summed E-state index contributed by atoms with van der Waals surface area (Å²) in [5.41, 5.74) is -0.572. The van der Waals surface area contributed by atoms with Gasteiger partial charge in [-0.05, 0) is 6.92 Å². The molecule has 0 saturated carbocycles. The zero-order valence-electron chi connectivity index (χ0n) is 10.5. The van der Waals surface area contributed by atoms with Crippen molar-refractivity contribution >= 4 is 40.8 Å². The first-order valence-electron chi connectivity index (χ1n) is 5.30. The van der Waals surface area contributed by atoms with Crippen LogP contribution in [0.15, 0.2) is 12.1 Å². The Bertz CT molecular complexity index is 576. The molecule has 0 radical (unpaired) electrons. The number of nitrogens with one attached hydrogen (secondary N) is 1. The molecule has 0 aliphatic carbocycles. The molecule has 20 heavy (non-hydrogen) atoms. The highest BCUT2D eigenvalue weighted by Crippen LogP contribution is 2.30. The molecule has 0 spiro atoms. The summed E-state index contributed by atoms with van der Waals surface area (Å²) in [4.78, 5) is 33.1. The van der Waals surface area contributed by atoms with E-state index in [0.29, 0.717) is 0 Å². The smallest absolute Gasteiger partial charge is 0.328 e. The van der Waals surface area contributed by atoms with E-state index >= 15 is 0 Å². The predicted molar refractivity (Wildman–Crippen MR) is 72.1 cm³/mol. The molecule has 1 unspecified atom stereocenters. The second-order valence-electron chi connectivity index (χ2n) is 3.76. The van der Waals surface area contributed by atoms with E-state index in [-0.39, 0.29) is 21.3 Å². The number of esters is 1. The number of carbonyl (C=O) groups excluding carboxylic acids is 2. The number of nitrogens with zero attached hydrogens (tertiary/aromatic N) is 1. The summed E-state index contributed by atoms with van der Waals surface area (Å²) in [6.45, 7) is 1.40. The highest BCUT2D eigenvalue weighted by atomic mass is 35.5. The second-order valence-corrected chi connectivity index (χ2v) is 4.55. The van der Waals surface area contributed by atoms with Gasteiger partial charge in [-0.1, -0.05) is 23.2 Å². The van der Waals surface area contributed by atoms with Crippen molar-refractivity contribution in [2.45, 2.75) is 13.0 Å². The van der Waals surface area contributed by atoms with E-state index in [4.69, 9.17) is 23.2 Å². The van der Waals surface area contributed by atoms with Crippen LogP contribution in [0, 0.1) is 10.1 Å². The van der Waals surface area contributed by atoms with Gasteiger partial charge in [0.2, 0.25) is 0 Å². The zero-order valence-corrected chi connectivity index (χ0v) is 12.0. The number of methoxy groups -OCH3 is 1. The Morgan fingerprint density at radius 2 is 2.00 bits per heavy atom. The topological polar surface area (TPSA) is 98.5 Å². The molecule has 1 N–H and O–H groups in total. The molecule has 0 heterocycles. The van der Waals surface area contributed by atoms with Crippen molar-refractivity contribution in [3.8, 4) is 0 Å². The number of amides is 1. The maximum absolute atomic E-state index is 11.9. The molecule has 1 aromatic carbocycles. The van der Waals surface area contributed by atoms with Crippen molar-refractivity contribution in [1.29, 1.82) is 0 Å². The summed E-state index contributed by atoms with van der Waals surface area (Å²) in [6.07, 6.45) is 0. The third-order valence-electron chi connectivity index (χ3n) is 2.37. The Morgan fingerprint density at radius 1 is 1.40 bits per heavy atom. The van der Waals surface area contributed by atoms with Crippen molar-refractivity contribution in [2.24, 2.45) is 0 Å². The van der Waals surface area contributed by atoms with E-state index < -0.39 is 22.8 Å². The molecule has 1 atom stereocenters. The lowest BCUT2D eigenvalue weighted by atomic mass is 10.1. The van der Waals surface area contributed by atoms with Gasteiger partial charge in [0.15, 0.2) is 0 Å². The number of nitro groups is 1. The molecule has 7 nitrogen and oxygen atoms in total. The number of benzene rings is 1. The molecule has 9 heteroatoms. The number of hydrogen-bond acceptors (Lipinski definition) is 5. The predicted octanol–water partition coefficient (Wildman–Crippen LogP) is 2.19. The average molecular weight is 321 g/mol. The van der Waals surface area contributed by atoms with Crippen LogP contribution in [0.5, 0.6) is 0 Å². The molecule has 1 amide bonds. The van der Waals surface area contributed by atoms with E-state index in [2.05, 4.69) is 10.1 Å². The SMILES string of the molecule is COC(=O)C(C)NC(=O)c1cc([N+](=O)[O-])cc(Cl)c1Cl. The van der Waals surface area contributed by atoms with Crippen molar-refractivity contribution in [2.75, 3.05) is 7.11 Å². The normalized spacial score (nSPS) is 11.6. The first kappa shape index (κ1) is 16.2. The molecule has 0 aromatic heterocycles. The molecule has 108 valence electrons. The number of halogens is 2. The standard InChI is InChI=1S/C11H10Cl2N2O5/c1-5(11(17)20-2)14-10(16)7-3-6(15(18)19)4-8(12)9(7)13/h3-5H,1-2H3,(H,14,16). The van der Waals surface area contributed by atoms with Crippen LogP contribution in [0.1, 0.15) is 17.3 Å². The molecule has 0 saturated heterocycles. The summed E-state index contributed by atoms with van der Waals surface area (Å²) >= 11 is 11.6. The zero-order chi connectivity index (χ0) is 15.4. The van der Waals surface area contributed by atoms with Crippen LogP contribution in [-0.2, 0) is 9.53 Å². The summed E-state index contributed by atoms with van der Waals surface area (Å²) in [6, 6.07) is 1.08. The summed E-state index contributed by atoms with van der Waals surface area (Å²) in [7, 11) is 1.17. The lowest BCUT2D eigenvalue weighted by molar-refractivity contribution is -0.384. The van der Waals surface area contributed by atoms with Crippen molar-refractivity contribution in [3.05, 3.63) is 37.9 Å². The summed E-state index contributed by atoms with van der Waals surface area (Å²) in [5.74, 6) is -1.43. The minimum atomic E-state index is -0.929. The van der Waals surface area contributed by atoms with Gasteiger partial charge in [0.05, 0.1) is 27.6 Å². The first-order chi connectivity index (χ1) is 9.27. The molecule has 0 bridgehead atoms. The van der Waals surface area contributed by atoms with Crippen LogP contribution < -0.4 is 5.32 Å². The van der Waals surface area contributed by atoms with Gasteiger partial charge < -0.3 is 10.1 Å². The van der Waals surface area contributed by atoms with Gasteiger partial charge in [-0.3, -0.25) is 14.9 Å². The van der Waals surface area contributed by atoms with E-state index in [0.717, 1.165) is 12.1 Å². The maximum atomic E-state index is 11.9. The Kier molecular flexibility index (Phi) is 5.29. The van der Waals surface area contributed by atoms with Crippen molar-refractivity contribution in [3.63, 3.8) is 0 Å². The average Bonchev–Trinajstić information content (AvgIpc) is 2.39. The molecule has 0 aliphatic rings. The third-order valence-corrected chi connectivity index (χ3v) is 3.17. The molecule has 1 aromatic rings. The quantitative estimate of drug-likeness (QED) is 0.521. The summed E-state index contributed by atoms with van der Waals surface area (Å²) < 4.78 is 4.44. The van der Waals surface area contributed by atoms with E-state index in [1.54, 1.807) is 0 Å². The van der Waals surface area contributed by atoms with Gasteiger partial charge >= 0.3 is 5.97 Å². The number of nitro benzene ring substituents is 1. The van der Waals surface area contributed by atoms with Gasteiger partial charge in [-0.15, -0.1) is 0 Å². The van der Waals surface area contributed by atoms with Crippen molar-refractivity contribution < 1.29 is 19.2 Å². The van der Waals surface area contributed by atoms with Gasteiger partial charge in [-0.25, -0.2) is 4.79 Å². The largest absolute Gasteiger partial charge is 0.467 e. The van der Waals surface area contributed by atoms with Crippen LogP contribution >= 0.6 is 23.2 Å². The third kappa shape index (κ3) is 3.58. The van der Waals surface area contributed by atoms with Crippen molar-refractivity contribution in [1.82, 2.24) is 5.32 Å². The van der Waals surface area contributed by atoms with E-state index in [9.17, 15) is 19.7 Å². The molecule has 1 rings (SSSR count). The van der Waals surface area contributed by atoms with Crippen LogP contribution in [0.25, 0.3) is 0 Å². The molecular formula is C11H10Cl2N2O5. The Balaban J connectivity index is 3.09. The highest BCUT2D eigenvalue weighted by Gasteiger charge is 2.22. The Labute approximate surface area is 124 Å². The van der Waals surface area contributed by atoms with Crippen LogP contribution in [0.3, 0.4) is 0 Å². The number of ether oxygens (including phenoxy) is 1. The van der Waals surface area contributed by atoms with Crippen LogP contribution in [0.2, 0.25) is 10.0 Å². The fourth-order valence-corrected chi connectivity index (χ4v) is 1.76. The fourth-order valence-electron chi connectivity index (χ4n) is 1.36. The second kappa shape index (κ2) is 6.53. The first-order valence-corrected chi connectivity index (χ1v) is 6.05. The number of non-ortho nitro benzene ring substituents is 1. The molecule has 0 aliphatic heterocycles. The Morgan fingerprint density at radius 3 is 2.50 bits per heavy atom. The van der Waals surface area contributed by atoms with Gasteiger partial charge in [-0.2, -0.15) is 0 Å². The Hall–Kier alpha value is -1.86. The number of carbonyl (C=O) groups is 2.